The van der Waals surface area contributed by atoms with Gasteiger partial charge in [0.2, 0.25) is 0 Å². The average Bonchev–Trinajstić information content (AvgIpc) is 2.75. The molecular weight excluding hydrogens is 272 g/mol. The van der Waals surface area contributed by atoms with Crippen molar-refractivity contribution in [3.63, 3.8) is 0 Å². The summed E-state index contributed by atoms with van der Waals surface area (Å²) in [4.78, 5) is 24.0. The monoisotopic (exact) mass is 284 g/mol. The van der Waals surface area contributed by atoms with E-state index < -0.39 is 5.97 Å². The fourth-order valence-corrected chi connectivity index (χ4v) is 2.07. The number of nitrogens with zero attached hydrogens (tertiary/aromatic N) is 1. The SMILES string of the molecule is O=C(O)c1c(Cl)cccc1OCCN1CCNC1=O. The summed E-state index contributed by atoms with van der Waals surface area (Å²) in [6, 6.07) is 4.52. The lowest BCUT2D eigenvalue weighted by Crippen LogP contribution is -2.32. The van der Waals surface area contributed by atoms with Gasteiger partial charge in [-0.2, -0.15) is 0 Å². The molecule has 1 aromatic carbocycles. The van der Waals surface area contributed by atoms with E-state index in [1.165, 1.54) is 6.07 Å². The number of amides is 2. The van der Waals surface area contributed by atoms with Crippen LogP contribution in [0.15, 0.2) is 18.2 Å². The van der Waals surface area contributed by atoms with Crippen molar-refractivity contribution in [2.45, 2.75) is 0 Å². The molecular formula is C12H13ClN2O4. The third kappa shape index (κ3) is 3.08. The molecule has 0 bridgehead atoms. The van der Waals surface area contributed by atoms with E-state index in [9.17, 15) is 9.59 Å². The van der Waals surface area contributed by atoms with Crippen molar-refractivity contribution in [2.24, 2.45) is 0 Å². The molecule has 19 heavy (non-hydrogen) atoms. The standard InChI is InChI=1S/C12H13ClN2O4/c13-8-2-1-3-9(10(8)11(16)17)19-7-6-15-5-4-14-12(15)18/h1-3H,4-7H2,(H,14,18)(H,16,17). The van der Waals surface area contributed by atoms with Crippen LogP contribution < -0.4 is 10.1 Å². The molecule has 2 amide bonds. The minimum atomic E-state index is -1.14. The molecule has 1 aliphatic rings. The van der Waals surface area contributed by atoms with Gasteiger partial charge in [0.05, 0.1) is 11.6 Å². The first-order chi connectivity index (χ1) is 9.09. The fraction of sp³-hybridized carbons (Fsp3) is 0.333. The lowest BCUT2D eigenvalue weighted by molar-refractivity contribution is 0.0692. The number of ether oxygens (including phenoxy) is 1. The van der Waals surface area contributed by atoms with Crippen LogP contribution in [0, 0.1) is 0 Å². The van der Waals surface area contributed by atoms with E-state index in [0.717, 1.165) is 0 Å². The van der Waals surface area contributed by atoms with Gasteiger partial charge < -0.3 is 20.1 Å². The summed E-state index contributed by atoms with van der Waals surface area (Å²) in [6.45, 7) is 1.87. The van der Waals surface area contributed by atoms with Crippen molar-refractivity contribution < 1.29 is 19.4 Å². The Kier molecular flexibility index (Phi) is 4.11. The topological polar surface area (TPSA) is 78.9 Å². The van der Waals surface area contributed by atoms with Crippen LogP contribution in [-0.2, 0) is 0 Å². The van der Waals surface area contributed by atoms with Crippen LogP contribution in [0.5, 0.6) is 5.75 Å². The van der Waals surface area contributed by atoms with E-state index in [4.69, 9.17) is 21.4 Å². The third-order valence-electron chi connectivity index (χ3n) is 2.75. The van der Waals surface area contributed by atoms with Gasteiger partial charge in [-0.3, -0.25) is 0 Å². The van der Waals surface area contributed by atoms with E-state index in [0.29, 0.717) is 19.6 Å². The molecule has 7 heteroatoms. The van der Waals surface area contributed by atoms with Gasteiger partial charge in [-0.05, 0) is 12.1 Å². The van der Waals surface area contributed by atoms with Crippen LogP contribution in [0.1, 0.15) is 10.4 Å². The highest BCUT2D eigenvalue weighted by Crippen LogP contribution is 2.26. The third-order valence-corrected chi connectivity index (χ3v) is 3.07. The van der Waals surface area contributed by atoms with Crippen LogP contribution in [0.3, 0.4) is 0 Å². The molecule has 1 aromatic rings. The second-order valence-corrected chi connectivity index (χ2v) is 4.39. The fourth-order valence-electron chi connectivity index (χ4n) is 1.82. The van der Waals surface area contributed by atoms with Gasteiger partial charge in [0, 0.05) is 13.1 Å². The number of carbonyl (C=O) groups is 2. The Labute approximate surface area is 114 Å². The van der Waals surface area contributed by atoms with Crippen molar-refractivity contribution >= 4 is 23.6 Å². The van der Waals surface area contributed by atoms with Crippen molar-refractivity contribution in [3.8, 4) is 5.75 Å². The zero-order valence-corrected chi connectivity index (χ0v) is 10.8. The minimum absolute atomic E-state index is 0.0601. The number of nitrogens with one attached hydrogen (secondary N) is 1. The quantitative estimate of drug-likeness (QED) is 0.857. The summed E-state index contributed by atoms with van der Waals surface area (Å²) < 4.78 is 5.40. The number of aromatic carboxylic acids is 1. The molecule has 0 atom stereocenters. The number of benzene rings is 1. The number of rotatable bonds is 5. The summed E-state index contributed by atoms with van der Waals surface area (Å²) in [5.74, 6) is -0.931. The zero-order valence-electron chi connectivity index (χ0n) is 10.1. The van der Waals surface area contributed by atoms with Crippen LogP contribution in [0.4, 0.5) is 4.79 Å². The van der Waals surface area contributed by atoms with E-state index in [2.05, 4.69) is 5.32 Å². The molecule has 1 fully saturated rings. The number of carboxylic acids is 1. The van der Waals surface area contributed by atoms with E-state index in [1.807, 2.05) is 0 Å². The second-order valence-electron chi connectivity index (χ2n) is 3.99. The molecule has 1 saturated heterocycles. The van der Waals surface area contributed by atoms with Crippen molar-refractivity contribution in [2.75, 3.05) is 26.2 Å². The van der Waals surface area contributed by atoms with Gasteiger partial charge in [0.1, 0.15) is 17.9 Å². The Hall–Kier alpha value is -1.95. The second kappa shape index (κ2) is 5.79. The minimum Gasteiger partial charge on any atom is -0.491 e. The number of carboxylic acid groups (broad SMARTS) is 1. The van der Waals surface area contributed by atoms with E-state index in [-0.39, 0.29) is 29.0 Å². The predicted octanol–water partition coefficient (Wildman–Crippen LogP) is 1.44. The van der Waals surface area contributed by atoms with Gasteiger partial charge in [-0.1, -0.05) is 17.7 Å². The van der Waals surface area contributed by atoms with Crippen LogP contribution in [0.2, 0.25) is 5.02 Å². The Balaban J connectivity index is 1.98. The lowest BCUT2D eigenvalue weighted by Gasteiger charge is -2.15. The van der Waals surface area contributed by atoms with Crippen LogP contribution >= 0.6 is 11.6 Å². The number of halogens is 1. The van der Waals surface area contributed by atoms with Crippen molar-refractivity contribution in [3.05, 3.63) is 28.8 Å². The van der Waals surface area contributed by atoms with E-state index >= 15 is 0 Å². The number of carbonyl (C=O) groups excluding carboxylic acids is 1. The van der Waals surface area contributed by atoms with Gasteiger partial charge in [0.15, 0.2) is 0 Å². The molecule has 1 aliphatic heterocycles. The van der Waals surface area contributed by atoms with E-state index in [1.54, 1.807) is 17.0 Å². The van der Waals surface area contributed by atoms with Gasteiger partial charge >= 0.3 is 12.0 Å². The molecule has 0 aromatic heterocycles. The molecule has 0 spiro atoms. The first-order valence-electron chi connectivity index (χ1n) is 5.77. The molecule has 0 saturated carbocycles. The Morgan fingerprint density at radius 2 is 2.32 bits per heavy atom. The highest BCUT2D eigenvalue weighted by Gasteiger charge is 2.20. The predicted molar refractivity (Wildman–Crippen MR) is 68.9 cm³/mol. The highest BCUT2D eigenvalue weighted by molar-refractivity contribution is 6.33. The summed E-state index contributed by atoms with van der Waals surface area (Å²) in [5, 5.41) is 11.9. The zero-order chi connectivity index (χ0) is 13.8. The largest absolute Gasteiger partial charge is 0.491 e. The normalized spacial score (nSPS) is 14.4. The molecule has 2 rings (SSSR count). The maximum atomic E-state index is 11.3. The maximum Gasteiger partial charge on any atom is 0.341 e. The average molecular weight is 285 g/mol. The molecule has 0 radical (unpaired) electrons. The Morgan fingerprint density at radius 1 is 1.53 bits per heavy atom. The number of urea groups is 1. The summed E-state index contributed by atoms with van der Waals surface area (Å²) in [7, 11) is 0. The Morgan fingerprint density at radius 3 is 2.95 bits per heavy atom. The summed E-state index contributed by atoms with van der Waals surface area (Å²) in [6.07, 6.45) is 0. The number of hydrogen-bond donors (Lipinski definition) is 2. The Bertz CT molecular complexity index is 507. The van der Waals surface area contributed by atoms with Crippen molar-refractivity contribution in [1.82, 2.24) is 10.2 Å². The summed E-state index contributed by atoms with van der Waals surface area (Å²) in [5.41, 5.74) is -0.0601. The van der Waals surface area contributed by atoms with Gasteiger partial charge in [-0.15, -0.1) is 0 Å². The molecule has 6 nitrogen and oxygen atoms in total. The highest BCUT2D eigenvalue weighted by atomic mass is 35.5. The first kappa shape index (κ1) is 13.5. The molecule has 2 N–H and O–H groups in total. The van der Waals surface area contributed by atoms with Crippen LogP contribution in [0.25, 0.3) is 0 Å². The first-order valence-corrected chi connectivity index (χ1v) is 6.15. The molecule has 102 valence electrons. The van der Waals surface area contributed by atoms with Gasteiger partial charge in [-0.25, -0.2) is 9.59 Å². The van der Waals surface area contributed by atoms with Crippen molar-refractivity contribution in [1.29, 1.82) is 0 Å². The molecule has 1 heterocycles. The molecule has 0 unspecified atom stereocenters. The number of hydrogen-bond acceptors (Lipinski definition) is 3. The maximum absolute atomic E-state index is 11.3. The lowest BCUT2D eigenvalue weighted by atomic mass is 10.2. The van der Waals surface area contributed by atoms with Crippen LogP contribution in [-0.4, -0.2) is 48.2 Å². The molecule has 0 aliphatic carbocycles. The summed E-state index contributed by atoms with van der Waals surface area (Å²) >= 11 is 5.82. The van der Waals surface area contributed by atoms with Gasteiger partial charge in [0.25, 0.3) is 0 Å². The smallest absolute Gasteiger partial charge is 0.341 e.